The third-order valence-corrected chi connectivity index (χ3v) is 5.79. The molecular weight excluding hydrogens is 400 g/mol. The van der Waals surface area contributed by atoms with Gasteiger partial charge in [-0.2, -0.15) is 5.10 Å². The zero-order valence-corrected chi connectivity index (χ0v) is 17.5. The Morgan fingerprint density at radius 2 is 1.56 bits per heavy atom. The van der Waals surface area contributed by atoms with Gasteiger partial charge in [0.2, 0.25) is 0 Å². The average molecular weight is 425 g/mol. The van der Waals surface area contributed by atoms with Gasteiger partial charge in [0.15, 0.2) is 0 Å². The van der Waals surface area contributed by atoms with Gasteiger partial charge in [-0.1, -0.05) is 46.3 Å². The van der Waals surface area contributed by atoms with Crippen molar-refractivity contribution in [3.05, 3.63) is 76.0 Å². The molecule has 3 aromatic rings. The Balaban J connectivity index is 1.45. The zero-order valence-electron chi connectivity index (χ0n) is 15.9. The number of benzene rings is 2. The fourth-order valence-corrected chi connectivity index (χ4v) is 4.15. The summed E-state index contributed by atoms with van der Waals surface area (Å²) >= 11 is 3.51. The highest BCUT2D eigenvalue weighted by Crippen LogP contribution is 2.28. The number of hydrogen-bond acceptors (Lipinski definition) is 3. The van der Waals surface area contributed by atoms with Gasteiger partial charge in [0, 0.05) is 37.2 Å². The van der Waals surface area contributed by atoms with Crippen LogP contribution < -0.4 is 4.90 Å². The first-order valence-corrected chi connectivity index (χ1v) is 10.2. The maximum absolute atomic E-state index is 4.81. The number of anilines is 1. The Bertz CT molecular complexity index is 894. The van der Waals surface area contributed by atoms with Crippen molar-refractivity contribution >= 4 is 21.6 Å². The summed E-state index contributed by atoms with van der Waals surface area (Å²) in [6.07, 6.45) is 0. The minimum absolute atomic E-state index is 1.02. The van der Waals surface area contributed by atoms with E-state index in [0.29, 0.717) is 0 Å². The van der Waals surface area contributed by atoms with E-state index >= 15 is 0 Å². The van der Waals surface area contributed by atoms with E-state index in [2.05, 4.69) is 92.8 Å². The van der Waals surface area contributed by atoms with E-state index in [4.69, 9.17) is 5.10 Å². The maximum atomic E-state index is 4.81. The Morgan fingerprint density at radius 3 is 2.22 bits per heavy atom. The quantitative estimate of drug-likeness (QED) is 0.612. The van der Waals surface area contributed by atoms with Crippen molar-refractivity contribution in [3.63, 3.8) is 0 Å². The molecule has 2 heterocycles. The lowest BCUT2D eigenvalue weighted by Gasteiger charge is -2.36. The van der Waals surface area contributed by atoms with E-state index < -0.39 is 0 Å². The molecule has 0 amide bonds. The molecule has 0 N–H and O–H groups in total. The van der Waals surface area contributed by atoms with Crippen LogP contribution in [-0.4, -0.2) is 40.9 Å². The summed E-state index contributed by atoms with van der Waals surface area (Å²) in [7, 11) is 0. The van der Waals surface area contributed by atoms with Gasteiger partial charge in [0.05, 0.1) is 22.8 Å². The second-order valence-electron chi connectivity index (χ2n) is 7.16. The normalized spacial score (nSPS) is 15.3. The molecule has 27 heavy (non-hydrogen) atoms. The number of piperazine rings is 1. The highest BCUT2D eigenvalue weighted by molar-refractivity contribution is 9.10. The number of aryl methyl sites for hydroxylation is 1. The minimum atomic E-state index is 1.02. The van der Waals surface area contributed by atoms with E-state index in [1.165, 1.54) is 16.9 Å². The van der Waals surface area contributed by atoms with Gasteiger partial charge in [0.1, 0.15) is 0 Å². The van der Waals surface area contributed by atoms with Crippen LogP contribution in [0.2, 0.25) is 0 Å². The number of para-hydroxylation sites is 1. The van der Waals surface area contributed by atoms with Crippen LogP contribution in [0.4, 0.5) is 5.69 Å². The second kappa shape index (κ2) is 7.87. The molecule has 1 aromatic heterocycles. The molecule has 1 aliphatic rings. The molecule has 4 rings (SSSR count). The number of rotatable bonds is 4. The molecule has 4 nitrogen and oxygen atoms in total. The van der Waals surface area contributed by atoms with Crippen molar-refractivity contribution in [2.75, 3.05) is 31.1 Å². The molecule has 1 saturated heterocycles. The van der Waals surface area contributed by atoms with Crippen molar-refractivity contribution < 1.29 is 0 Å². The average Bonchev–Trinajstić information content (AvgIpc) is 2.99. The van der Waals surface area contributed by atoms with Crippen LogP contribution in [-0.2, 0) is 6.54 Å². The van der Waals surface area contributed by atoms with Crippen molar-refractivity contribution in [1.82, 2.24) is 14.7 Å². The highest BCUT2D eigenvalue weighted by Gasteiger charge is 2.23. The van der Waals surface area contributed by atoms with Crippen LogP contribution in [0.1, 0.15) is 17.0 Å². The molecule has 140 valence electrons. The first-order valence-electron chi connectivity index (χ1n) is 9.45. The van der Waals surface area contributed by atoms with Gasteiger partial charge in [0.25, 0.3) is 0 Å². The minimum Gasteiger partial charge on any atom is -0.366 e. The van der Waals surface area contributed by atoms with Crippen LogP contribution in [0.25, 0.3) is 5.69 Å². The molecule has 0 radical (unpaired) electrons. The second-order valence-corrected chi connectivity index (χ2v) is 8.07. The predicted octanol–water partition coefficient (Wildman–Crippen LogP) is 4.57. The van der Waals surface area contributed by atoms with E-state index in [-0.39, 0.29) is 0 Å². The van der Waals surface area contributed by atoms with Crippen LogP contribution >= 0.6 is 15.9 Å². The highest BCUT2D eigenvalue weighted by atomic mass is 79.9. The lowest BCUT2D eigenvalue weighted by atomic mass is 10.2. The zero-order chi connectivity index (χ0) is 18.8. The van der Waals surface area contributed by atoms with E-state index in [9.17, 15) is 0 Å². The van der Waals surface area contributed by atoms with E-state index in [0.717, 1.165) is 48.6 Å². The topological polar surface area (TPSA) is 24.3 Å². The van der Waals surface area contributed by atoms with Gasteiger partial charge in [-0.25, -0.2) is 4.68 Å². The molecule has 2 aromatic carbocycles. The predicted molar refractivity (Wildman–Crippen MR) is 115 cm³/mol. The Labute approximate surface area is 169 Å². The van der Waals surface area contributed by atoms with Gasteiger partial charge in [-0.3, -0.25) is 4.90 Å². The third kappa shape index (κ3) is 3.94. The van der Waals surface area contributed by atoms with Gasteiger partial charge >= 0.3 is 0 Å². The number of nitrogens with zero attached hydrogens (tertiary/aromatic N) is 4. The molecule has 0 unspecified atom stereocenters. The summed E-state index contributed by atoms with van der Waals surface area (Å²) in [5.74, 6) is 0. The Morgan fingerprint density at radius 1 is 0.889 bits per heavy atom. The number of hydrogen-bond donors (Lipinski definition) is 0. The van der Waals surface area contributed by atoms with Gasteiger partial charge in [-0.15, -0.1) is 0 Å². The Hall–Kier alpha value is -2.11. The van der Waals surface area contributed by atoms with Crippen LogP contribution in [0.15, 0.2) is 59.1 Å². The van der Waals surface area contributed by atoms with E-state index in [1.807, 2.05) is 6.07 Å². The third-order valence-electron chi connectivity index (χ3n) is 5.26. The molecule has 0 atom stereocenters. The van der Waals surface area contributed by atoms with Crippen molar-refractivity contribution in [1.29, 1.82) is 0 Å². The van der Waals surface area contributed by atoms with Gasteiger partial charge in [-0.05, 0) is 43.7 Å². The standard InChI is InChI=1S/C22H25BrN4/c1-17-22(18(2)27(24-17)21-6-4-3-5-7-21)26-14-12-25(13-15-26)16-19-8-10-20(23)11-9-19/h3-11H,12-16H2,1-2H3. The summed E-state index contributed by atoms with van der Waals surface area (Å²) in [6, 6.07) is 19.0. The maximum Gasteiger partial charge on any atom is 0.0834 e. The fraction of sp³-hybridized carbons (Fsp3) is 0.318. The molecule has 0 saturated carbocycles. The summed E-state index contributed by atoms with van der Waals surface area (Å²) in [4.78, 5) is 5.03. The summed E-state index contributed by atoms with van der Waals surface area (Å²) < 4.78 is 3.20. The number of halogens is 1. The molecular formula is C22H25BrN4. The summed E-state index contributed by atoms with van der Waals surface area (Å²) in [6.45, 7) is 9.54. The smallest absolute Gasteiger partial charge is 0.0834 e. The Kier molecular flexibility index (Phi) is 5.32. The SMILES string of the molecule is Cc1nn(-c2ccccc2)c(C)c1N1CCN(Cc2ccc(Br)cc2)CC1. The molecule has 1 fully saturated rings. The monoisotopic (exact) mass is 424 g/mol. The van der Waals surface area contributed by atoms with Crippen molar-refractivity contribution in [3.8, 4) is 5.69 Å². The molecule has 0 bridgehead atoms. The van der Waals surface area contributed by atoms with Crippen molar-refractivity contribution in [2.45, 2.75) is 20.4 Å². The lowest BCUT2D eigenvalue weighted by Crippen LogP contribution is -2.46. The molecule has 0 aliphatic carbocycles. The van der Waals surface area contributed by atoms with Crippen molar-refractivity contribution in [2.24, 2.45) is 0 Å². The van der Waals surface area contributed by atoms with E-state index in [1.54, 1.807) is 0 Å². The largest absolute Gasteiger partial charge is 0.366 e. The van der Waals surface area contributed by atoms with Crippen LogP contribution in [0, 0.1) is 13.8 Å². The van der Waals surface area contributed by atoms with Gasteiger partial charge < -0.3 is 4.90 Å². The number of aromatic nitrogens is 2. The lowest BCUT2D eigenvalue weighted by molar-refractivity contribution is 0.249. The van der Waals surface area contributed by atoms with Crippen LogP contribution in [0.3, 0.4) is 0 Å². The molecule has 5 heteroatoms. The molecule has 1 aliphatic heterocycles. The molecule has 0 spiro atoms. The first kappa shape index (κ1) is 18.3. The summed E-state index contributed by atoms with van der Waals surface area (Å²) in [5, 5.41) is 4.81. The fourth-order valence-electron chi connectivity index (χ4n) is 3.89. The summed E-state index contributed by atoms with van der Waals surface area (Å²) in [5.41, 5.74) is 6.12. The first-order chi connectivity index (χ1) is 13.1. The van der Waals surface area contributed by atoms with Crippen LogP contribution in [0.5, 0.6) is 0 Å².